The zero-order valence-electron chi connectivity index (χ0n) is 14.0. The van der Waals surface area contributed by atoms with Gasteiger partial charge in [0.25, 0.3) is 0 Å². The zero-order chi connectivity index (χ0) is 16.5. The molecular formula is C19H21N3OS. The lowest BCUT2D eigenvalue weighted by molar-refractivity contribution is 0.214. The van der Waals surface area contributed by atoms with E-state index in [1.54, 1.807) is 0 Å². The molecule has 0 amide bonds. The van der Waals surface area contributed by atoms with Crippen LogP contribution in [0.4, 0.5) is 0 Å². The summed E-state index contributed by atoms with van der Waals surface area (Å²) in [6.45, 7) is 6.05. The fourth-order valence-electron chi connectivity index (χ4n) is 3.36. The standard InChI is InChI=1S/C19H21N3OS/c1-13-5-3-6-15(11-13)19-20-18(23-21-19)12-22-10-4-7-16(22)17-9-8-14(2)24-17/h3,5-6,8-9,11,16H,4,7,10,12H2,1-2H3. The van der Waals surface area contributed by atoms with Crippen LogP contribution in [0.3, 0.4) is 0 Å². The van der Waals surface area contributed by atoms with Crippen molar-refractivity contribution in [2.24, 2.45) is 0 Å². The van der Waals surface area contributed by atoms with Crippen LogP contribution in [0, 0.1) is 13.8 Å². The molecule has 0 bridgehead atoms. The van der Waals surface area contributed by atoms with Crippen molar-refractivity contribution in [3.8, 4) is 11.4 Å². The third kappa shape index (κ3) is 3.14. The molecule has 4 rings (SSSR count). The summed E-state index contributed by atoms with van der Waals surface area (Å²) < 4.78 is 5.51. The number of hydrogen-bond donors (Lipinski definition) is 0. The van der Waals surface area contributed by atoms with E-state index in [2.05, 4.69) is 53.2 Å². The van der Waals surface area contributed by atoms with Gasteiger partial charge in [0.1, 0.15) is 0 Å². The number of benzene rings is 1. The topological polar surface area (TPSA) is 42.2 Å². The van der Waals surface area contributed by atoms with Crippen LogP contribution in [0.15, 0.2) is 40.9 Å². The molecule has 1 saturated heterocycles. The van der Waals surface area contributed by atoms with E-state index >= 15 is 0 Å². The van der Waals surface area contributed by atoms with Crippen LogP contribution < -0.4 is 0 Å². The van der Waals surface area contributed by atoms with Crippen molar-refractivity contribution in [2.75, 3.05) is 6.54 Å². The highest BCUT2D eigenvalue weighted by atomic mass is 32.1. The molecule has 4 nitrogen and oxygen atoms in total. The number of thiophene rings is 1. The van der Waals surface area contributed by atoms with Gasteiger partial charge in [0, 0.05) is 21.4 Å². The van der Waals surface area contributed by atoms with Crippen LogP contribution in [-0.4, -0.2) is 21.6 Å². The van der Waals surface area contributed by atoms with Gasteiger partial charge in [0.05, 0.1) is 6.54 Å². The number of aryl methyl sites for hydroxylation is 2. The molecule has 0 aliphatic carbocycles. The van der Waals surface area contributed by atoms with Gasteiger partial charge in [-0.3, -0.25) is 4.90 Å². The van der Waals surface area contributed by atoms with Gasteiger partial charge in [0.15, 0.2) is 0 Å². The van der Waals surface area contributed by atoms with Gasteiger partial charge in [-0.2, -0.15) is 4.98 Å². The first-order valence-electron chi connectivity index (χ1n) is 8.39. The van der Waals surface area contributed by atoms with Crippen LogP contribution in [0.1, 0.15) is 40.1 Å². The quantitative estimate of drug-likeness (QED) is 0.688. The predicted molar refractivity (Wildman–Crippen MR) is 95.9 cm³/mol. The Kier molecular flexibility index (Phi) is 4.21. The molecule has 1 fully saturated rings. The SMILES string of the molecule is Cc1cccc(-c2noc(CN3CCCC3c3ccc(C)s3)n2)c1. The number of rotatable bonds is 4. The highest BCUT2D eigenvalue weighted by Crippen LogP contribution is 2.36. The lowest BCUT2D eigenvalue weighted by Gasteiger charge is -2.21. The molecule has 3 aromatic rings. The summed E-state index contributed by atoms with van der Waals surface area (Å²) in [6.07, 6.45) is 2.43. The minimum absolute atomic E-state index is 0.484. The molecule has 0 N–H and O–H groups in total. The van der Waals surface area contributed by atoms with Gasteiger partial charge >= 0.3 is 0 Å². The molecule has 2 aromatic heterocycles. The van der Waals surface area contributed by atoms with E-state index < -0.39 is 0 Å². The minimum atomic E-state index is 0.484. The molecule has 24 heavy (non-hydrogen) atoms. The van der Waals surface area contributed by atoms with Gasteiger partial charge in [-0.15, -0.1) is 11.3 Å². The van der Waals surface area contributed by atoms with Crippen LogP contribution in [0.25, 0.3) is 11.4 Å². The molecule has 0 radical (unpaired) electrons. The summed E-state index contributed by atoms with van der Waals surface area (Å²) in [6, 6.07) is 13.2. The lowest BCUT2D eigenvalue weighted by Crippen LogP contribution is -2.22. The molecule has 0 spiro atoms. The average molecular weight is 339 g/mol. The van der Waals surface area contributed by atoms with Crippen LogP contribution >= 0.6 is 11.3 Å². The Hall–Kier alpha value is -1.98. The first-order valence-corrected chi connectivity index (χ1v) is 9.21. The molecule has 1 aliphatic heterocycles. The smallest absolute Gasteiger partial charge is 0.241 e. The zero-order valence-corrected chi connectivity index (χ0v) is 14.8. The van der Waals surface area contributed by atoms with Crippen molar-refractivity contribution in [1.82, 2.24) is 15.0 Å². The molecule has 0 saturated carbocycles. The largest absolute Gasteiger partial charge is 0.338 e. The number of hydrogen-bond acceptors (Lipinski definition) is 5. The maximum absolute atomic E-state index is 5.51. The molecule has 1 aliphatic rings. The van der Waals surface area contributed by atoms with E-state index in [1.165, 1.54) is 28.2 Å². The first-order chi connectivity index (χ1) is 11.7. The molecule has 3 heterocycles. The van der Waals surface area contributed by atoms with Gasteiger partial charge < -0.3 is 4.52 Å². The summed E-state index contributed by atoms with van der Waals surface area (Å²) in [5.41, 5.74) is 2.21. The monoisotopic (exact) mass is 339 g/mol. The normalized spacial score (nSPS) is 18.3. The summed E-state index contributed by atoms with van der Waals surface area (Å²) in [5.74, 6) is 1.38. The maximum Gasteiger partial charge on any atom is 0.241 e. The Balaban J connectivity index is 1.51. The summed E-state index contributed by atoms with van der Waals surface area (Å²) in [5, 5.41) is 4.16. The second-order valence-electron chi connectivity index (χ2n) is 6.46. The van der Waals surface area contributed by atoms with Gasteiger partial charge in [-0.05, 0) is 51.4 Å². The maximum atomic E-state index is 5.51. The van der Waals surface area contributed by atoms with Crippen molar-refractivity contribution in [1.29, 1.82) is 0 Å². The fraction of sp³-hybridized carbons (Fsp3) is 0.368. The number of aromatic nitrogens is 2. The third-order valence-electron chi connectivity index (χ3n) is 4.54. The number of nitrogens with zero attached hydrogens (tertiary/aromatic N) is 3. The Morgan fingerprint density at radius 2 is 2.17 bits per heavy atom. The van der Waals surface area contributed by atoms with Crippen LogP contribution in [0.2, 0.25) is 0 Å². The second-order valence-corrected chi connectivity index (χ2v) is 7.78. The average Bonchev–Trinajstić information content (AvgIpc) is 3.28. The number of likely N-dealkylation sites (tertiary alicyclic amines) is 1. The lowest BCUT2D eigenvalue weighted by atomic mass is 10.1. The van der Waals surface area contributed by atoms with E-state index in [-0.39, 0.29) is 0 Å². The second kappa shape index (κ2) is 6.49. The van der Waals surface area contributed by atoms with Crippen molar-refractivity contribution < 1.29 is 4.52 Å². The summed E-state index contributed by atoms with van der Waals surface area (Å²) in [7, 11) is 0. The van der Waals surface area contributed by atoms with E-state index in [4.69, 9.17) is 4.52 Å². The molecule has 5 heteroatoms. The van der Waals surface area contributed by atoms with E-state index in [9.17, 15) is 0 Å². The predicted octanol–water partition coefficient (Wildman–Crippen LogP) is 4.75. The Morgan fingerprint density at radius 1 is 1.25 bits per heavy atom. The Bertz CT molecular complexity index is 839. The van der Waals surface area contributed by atoms with Crippen LogP contribution in [0.5, 0.6) is 0 Å². The van der Waals surface area contributed by atoms with Gasteiger partial charge in [0.2, 0.25) is 11.7 Å². The van der Waals surface area contributed by atoms with Crippen molar-refractivity contribution in [2.45, 2.75) is 39.3 Å². The van der Waals surface area contributed by atoms with E-state index in [0.29, 0.717) is 17.8 Å². The van der Waals surface area contributed by atoms with Crippen molar-refractivity contribution >= 4 is 11.3 Å². The summed E-state index contributed by atoms with van der Waals surface area (Å²) in [4.78, 5) is 9.88. The van der Waals surface area contributed by atoms with Crippen molar-refractivity contribution in [3.63, 3.8) is 0 Å². The highest BCUT2D eigenvalue weighted by molar-refractivity contribution is 7.12. The Labute approximate surface area is 146 Å². The third-order valence-corrected chi connectivity index (χ3v) is 5.64. The van der Waals surface area contributed by atoms with Crippen molar-refractivity contribution in [3.05, 3.63) is 57.6 Å². The molecule has 124 valence electrons. The Morgan fingerprint density at radius 3 is 2.96 bits per heavy atom. The first kappa shape index (κ1) is 15.5. The highest BCUT2D eigenvalue weighted by Gasteiger charge is 2.28. The summed E-state index contributed by atoms with van der Waals surface area (Å²) >= 11 is 1.89. The van der Waals surface area contributed by atoms with E-state index in [1.807, 2.05) is 23.5 Å². The molecule has 1 aromatic carbocycles. The molecular weight excluding hydrogens is 318 g/mol. The van der Waals surface area contributed by atoms with E-state index in [0.717, 1.165) is 18.7 Å². The fourth-order valence-corrected chi connectivity index (χ4v) is 4.41. The molecule has 1 atom stereocenters. The van der Waals surface area contributed by atoms with Gasteiger partial charge in [-0.1, -0.05) is 28.9 Å². The molecule has 1 unspecified atom stereocenters. The van der Waals surface area contributed by atoms with Crippen LogP contribution in [-0.2, 0) is 6.54 Å². The van der Waals surface area contributed by atoms with Gasteiger partial charge in [-0.25, -0.2) is 0 Å². The minimum Gasteiger partial charge on any atom is -0.338 e.